The Morgan fingerprint density at radius 2 is 2.00 bits per heavy atom. The Balaban J connectivity index is 2.78. The standard InChI is InChI=1S/C10H8FIN2/c1-13-8-5-3-6-2-4-7(11)9(12)10(6)14-8/h2-5H,1H3,(H,13,14). The lowest BCUT2D eigenvalue weighted by Crippen LogP contribution is -1.94. The van der Waals surface area contributed by atoms with Crippen molar-refractivity contribution in [3.05, 3.63) is 33.7 Å². The third kappa shape index (κ3) is 1.54. The number of hydrogen-bond donors (Lipinski definition) is 1. The Morgan fingerprint density at radius 3 is 2.71 bits per heavy atom. The number of nitrogens with zero attached hydrogens (tertiary/aromatic N) is 1. The first kappa shape index (κ1) is 9.64. The van der Waals surface area contributed by atoms with Crippen LogP contribution in [0.3, 0.4) is 0 Å². The van der Waals surface area contributed by atoms with Crippen LogP contribution in [0.2, 0.25) is 0 Å². The van der Waals surface area contributed by atoms with Gasteiger partial charge in [-0.2, -0.15) is 0 Å². The average Bonchev–Trinajstić information content (AvgIpc) is 2.23. The highest BCUT2D eigenvalue weighted by molar-refractivity contribution is 14.1. The van der Waals surface area contributed by atoms with E-state index < -0.39 is 0 Å². The molecule has 0 spiro atoms. The van der Waals surface area contributed by atoms with Gasteiger partial charge in [0.1, 0.15) is 11.6 Å². The number of benzene rings is 1. The molecule has 2 nitrogen and oxygen atoms in total. The summed E-state index contributed by atoms with van der Waals surface area (Å²) in [4.78, 5) is 4.30. The molecule has 1 heterocycles. The summed E-state index contributed by atoms with van der Waals surface area (Å²) in [5.74, 6) is 0.528. The van der Waals surface area contributed by atoms with Gasteiger partial charge in [-0.15, -0.1) is 0 Å². The Labute approximate surface area is 94.7 Å². The highest BCUT2D eigenvalue weighted by atomic mass is 127. The second-order valence-corrected chi connectivity index (χ2v) is 3.96. The van der Waals surface area contributed by atoms with Crippen LogP contribution in [0.15, 0.2) is 24.3 Å². The highest BCUT2D eigenvalue weighted by Crippen LogP contribution is 2.22. The summed E-state index contributed by atoms with van der Waals surface area (Å²) in [5.41, 5.74) is 0.706. The minimum Gasteiger partial charge on any atom is -0.373 e. The molecule has 0 atom stereocenters. The van der Waals surface area contributed by atoms with Crippen molar-refractivity contribution in [2.75, 3.05) is 12.4 Å². The molecule has 72 valence electrons. The van der Waals surface area contributed by atoms with Crippen molar-refractivity contribution in [3.63, 3.8) is 0 Å². The van der Waals surface area contributed by atoms with Gasteiger partial charge in [0.15, 0.2) is 0 Å². The summed E-state index contributed by atoms with van der Waals surface area (Å²) in [6, 6.07) is 7.00. The molecule has 0 aliphatic heterocycles. The van der Waals surface area contributed by atoms with Crippen LogP contribution >= 0.6 is 22.6 Å². The van der Waals surface area contributed by atoms with Crippen molar-refractivity contribution in [3.8, 4) is 0 Å². The minimum atomic E-state index is -0.223. The van der Waals surface area contributed by atoms with E-state index in [2.05, 4.69) is 10.3 Å². The number of anilines is 1. The van der Waals surface area contributed by atoms with Crippen LogP contribution in [0.4, 0.5) is 10.2 Å². The lowest BCUT2D eigenvalue weighted by atomic mass is 10.2. The molecule has 2 aromatic rings. The van der Waals surface area contributed by atoms with Crippen LogP contribution in [0.1, 0.15) is 0 Å². The van der Waals surface area contributed by atoms with Crippen LogP contribution < -0.4 is 5.32 Å². The maximum atomic E-state index is 13.2. The molecule has 0 unspecified atom stereocenters. The molecule has 0 aliphatic carbocycles. The normalized spacial score (nSPS) is 10.5. The second-order valence-electron chi connectivity index (χ2n) is 2.88. The third-order valence-electron chi connectivity index (χ3n) is 2.01. The predicted octanol–water partition coefficient (Wildman–Crippen LogP) is 3.02. The summed E-state index contributed by atoms with van der Waals surface area (Å²) >= 11 is 1.97. The molecule has 1 aromatic carbocycles. The Kier molecular flexibility index (Phi) is 2.54. The van der Waals surface area contributed by atoms with Gasteiger partial charge in [-0.05, 0) is 46.9 Å². The van der Waals surface area contributed by atoms with Gasteiger partial charge in [0.25, 0.3) is 0 Å². The molecular weight excluding hydrogens is 294 g/mol. The molecule has 0 saturated carbocycles. The lowest BCUT2D eigenvalue weighted by molar-refractivity contribution is 0.622. The fourth-order valence-corrected chi connectivity index (χ4v) is 1.88. The summed E-state index contributed by atoms with van der Waals surface area (Å²) in [5, 5.41) is 3.88. The van der Waals surface area contributed by atoms with E-state index in [1.54, 1.807) is 13.1 Å². The van der Waals surface area contributed by atoms with E-state index in [1.807, 2.05) is 34.7 Å². The summed E-state index contributed by atoms with van der Waals surface area (Å²) in [6.45, 7) is 0. The van der Waals surface area contributed by atoms with E-state index >= 15 is 0 Å². The largest absolute Gasteiger partial charge is 0.373 e. The van der Waals surface area contributed by atoms with E-state index in [1.165, 1.54) is 6.07 Å². The van der Waals surface area contributed by atoms with Crippen LogP contribution in [0.5, 0.6) is 0 Å². The van der Waals surface area contributed by atoms with Crippen molar-refractivity contribution in [1.82, 2.24) is 4.98 Å². The van der Waals surface area contributed by atoms with Crippen LogP contribution in [-0.2, 0) is 0 Å². The van der Waals surface area contributed by atoms with Crippen LogP contribution in [0, 0.1) is 9.39 Å². The van der Waals surface area contributed by atoms with Crippen molar-refractivity contribution in [2.45, 2.75) is 0 Å². The van der Waals surface area contributed by atoms with Gasteiger partial charge in [0.05, 0.1) is 9.09 Å². The number of nitrogens with one attached hydrogen (secondary N) is 1. The van der Waals surface area contributed by atoms with Gasteiger partial charge in [0, 0.05) is 12.4 Å². The molecular formula is C10H8FIN2. The van der Waals surface area contributed by atoms with Gasteiger partial charge in [-0.3, -0.25) is 0 Å². The summed E-state index contributed by atoms with van der Waals surface area (Å²) in [7, 11) is 1.79. The summed E-state index contributed by atoms with van der Waals surface area (Å²) in [6.07, 6.45) is 0. The lowest BCUT2D eigenvalue weighted by Gasteiger charge is -2.04. The SMILES string of the molecule is CNc1ccc2ccc(F)c(I)c2n1. The maximum absolute atomic E-state index is 13.2. The summed E-state index contributed by atoms with van der Waals surface area (Å²) < 4.78 is 13.8. The first-order valence-corrected chi connectivity index (χ1v) is 5.23. The van der Waals surface area contributed by atoms with Gasteiger partial charge >= 0.3 is 0 Å². The number of rotatable bonds is 1. The molecule has 1 aromatic heterocycles. The van der Waals surface area contributed by atoms with E-state index in [0.29, 0.717) is 9.09 Å². The van der Waals surface area contributed by atoms with Gasteiger partial charge in [-0.25, -0.2) is 9.37 Å². The van der Waals surface area contributed by atoms with Gasteiger partial charge in [0.2, 0.25) is 0 Å². The molecule has 0 aliphatic rings. The zero-order chi connectivity index (χ0) is 10.1. The van der Waals surface area contributed by atoms with Crippen molar-refractivity contribution >= 4 is 39.3 Å². The molecule has 1 N–H and O–H groups in total. The quantitative estimate of drug-likeness (QED) is 0.819. The van der Waals surface area contributed by atoms with Gasteiger partial charge < -0.3 is 5.32 Å². The van der Waals surface area contributed by atoms with Crippen molar-refractivity contribution in [1.29, 1.82) is 0 Å². The van der Waals surface area contributed by atoms with Crippen LogP contribution in [0.25, 0.3) is 10.9 Å². The Morgan fingerprint density at radius 1 is 1.29 bits per heavy atom. The zero-order valence-corrected chi connectivity index (χ0v) is 9.67. The first-order valence-electron chi connectivity index (χ1n) is 4.15. The van der Waals surface area contributed by atoms with E-state index in [4.69, 9.17) is 0 Å². The smallest absolute Gasteiger partial charge is 0.138 e. The first-order chi connectivity index (χ1) is 6.72. The number of aromatic nitrogens is 1. The molecule has 14 heavy (non-hydrogen) atoms. The van der Waals surface area contributed by atoms with Crippen molar-refractivity contribution in [2.24, 2.45) is 0 Å². The topological polar surface area (TPSA) is 24.9 Å². The predicted molar refractivity (Wildman–Crippen MR) is 64.0 cm³/mol. The second kappa shape index (κ2) is 3.68. The number of halogens is 2. The van der Waals surface area contributed by atoms with E-state index in [9.17, 15) is 4.39 Å². The number of pyridine rings is 1. The molecule has 0 bridgehead atoms. The molecule has 0 fully saturated rings. The van der Waals surface area contributed by atoms with Crippen molar-refractivity contribution < 1.29 is 4.39 Å². The molecule has 4 heteroatoms. The van der Waals surface area contributed by atoms with Gasteiger partial charge in [-0.1, -0.05) is 0 Å². The highest BCUT2D eigenvalue weighted by Gasteiger charge is 2.05. The molecule has 0 saturated heterocycles. The zero-order valence-electron chi connectivity index (χ0n) is 7.51. The fourth-order valence-electron chi connectivity index (χ4n) is 1.27. The number of hydrogen-bond acceptors (Lipinski definition) is 2. The Hall–Kier alpha value is -0.910. The molecule has 0 radical (unpaired) electrons. The average molecular weight is 302 g/mol. The Bertz CT molecular complexity index is 485. The fraction of sp³-hybridized carbons (Fsp3) is 0.100. The van der Waals surface area contributed by atoms with E-state index in [-0.39, 0.29) is 5.82 Å². The molecule has 2 rings (SSSR count). The van der Waals surface area contributed by atoms with Crippen LogP contribution in [-0.4, -0.2) is 12.0 Å². The molecule has 0 amide bonds. The van der Waals surface area contributed by atoms with E-state index in [0.717, 1.165) is 11.2 Å². The monoisotopic (exact) mass is 302 g/mol. The third-order valence-corrected chi connectivity index (χ3v) is 3.04. The number of fused-ring (bicyclic) bond motifs is 1. The minimum absolute atomic E-state index is 0.223. The maximum Gasteiger partial charge on any atom is 0.138 e.